The van der Waals surface area contributed by atoms with E-state index in [1.54, 1.807) is 37.6 Å². The summed E-state index contributed by atoms with van der Waals surface area (Å²) in [4.78, 5) is -0.128. The Kier molecular flexibility index (Phi) is 4.35. The molecule has 0 atom stereocenters. The first-order valence-electron chi connectivity index (χ1n) is 6.64. The third-order valence-electron chi connectivity index (χ3n) is 3.15. The van der Waals surface area contributed by atoms with Gasteiger partial charge in [0, 0.05) is 18.7 Å². The molecule has 2 aromatic rings. The van der Waals surface area contributed by atoms with Gasteiger partial charge in [0.15, 0.2) is 0 Å². The van der Waals surface area contributed by atoms with E-state index in [0.717, 1.165) is 6.07 Å². The van der Waals surface area contributed by atoms with Crippen LogP contribution in [0.1, 0.15) is 19.5 Å². The molecule has 0 aliphatic carbocycles. The largest absolute Gasteiger partial charge is 0.335 e. The van der Waals surface area contributed by atoms with Crippen molar-refractivity contribution in [2.45, 2.75) is 24.8 Å². The maximum Gasteiger partial charge on any atom is 0.240 e. The molecule has 0 bridgehead atoms. The van der Waals surface area contributed by atoms with Gasteiger partial charge in [0.2, 0.25) is 10.0 Å². The number of nitriles is 1. The minimum atomic E-state index is -3.74. The summed E-state index contributed by atoms with van der Waals surface area (Å²) in [7, 11) is -2.09. The molecule has 0 fully saturated rings. The van der Waals surface area contributed by atoms with Gasteiger partial charge in [-0.1, -0.05) is 0 Å². The lowest BCUT2D eigenvalue weighted by Crippen LogP contribution is -2.30. The number of halogens is 1. The third-order valence-corrected chi connectivity index (χ3v) is 4.81. The summed E-state index contributed by atoms with van der Waals surface area (Å²) in [5, 5.41) is 8.93. The fourth-order valence-corrected chi connectivity index (χ4v) is 3.41. The number of benzene rings is 1. The van der Waals surface area contributed by atoms with Crippen molar-refractivity contribution in [2.24, 2.45) is 7.05 Å². The Morgan fingerprint density at radius 2 is 1.95 bits per heavy atom. The Hall–Kier alpha value is -2.17. The summed E-state index contributed by atoms with van der Waals surface area (Å²) in [6.07, 6.45) is 0. The van der Waals surface area contributed by atoms with Gasteiger partial charge in [-0.3, -0.25) is 0 Å². The number of hydrogen-bond acceptors (Lipinski definition) is 3. The molecule has 116 valence electrons. The molecular formula is C15H16FN3O2S. The van der Waals surface area contributed by atoms with E-state index in [2.05, 4.69) is 4.72 Å². The Morgan fingerprint density at radius 1 is 1.27 bits per heavy atom. The van der Waals surface area contributed by atoms with E-state index >= 15 is 0 Å². The van der Waals surface area contributed by atoms with Crippen LogP contribution in [-0.4, -0.2) is 19.0 Å². The molecule has 5 nitrogen and oxygen atoms in total. The molecule has 22 heavy (non-hydrogen) atoms. The lowest BCUT2D eigenvalue weighted by atomic mass is 10.1. The van der Waals surface area contributed by atoms with E-state index in [4.69, 9.17) is 5.26 Å². The van der Waals surface area contributed by atoms with Crippen molar-refractivity contribution in [1.29, 1.82) is 5.26 Å². The van der Waals surface area contributed by atoms with Gasteiger partial charge in [-0.2, -0.15) is 5.26 Å². The van der Waals surface area contributed by atoms with Crippen LogP contribution in [0.4, 0.5) is 4.39 Å². The highest BCUT2D eigenvalue weighted by molar-refractivity contribution is 7.89. The molecule has 0 aliphatic heterocycles. The highest BCUT2D eigenvalue weighted by Crippen LogP contribution is 2.26. The van der Waals surface area contributed by atoms with Gasteiger partial charge in [-0.05, 0) is 44.2 Å². The molecule has 1 N–H and O–H groups in total. The van der Waals surface area contributed by atoms with Crippen LogP contribution in [0.2, 0.25) is 0 Å². The second kappa shape index (κ2) is 5.91. The van der Waals surface area contributed by atoms with Gasteiger partial charge in [0.25, 0.3) is 0 Å². The Bertz CT molecular complexity index is 848. The Balaban J connectivity index is 2.47. The molecule has 0 aliphatic rings. The zero-order valence-corrected chi connectivity index (χ0v) is 13.3. The zero-order chi connectivity index (χ0) is 16.5. The van der Waals surface area contributed by atoms with E-state index in [1.165, 1.54) is 12.1 Å². The maximum atomic E-state index is 14.3. The van der Waals surface area contributed by atoms with Crippen LogP contribution >= 0.6 is 0 Å². The quantitative estimate of drug-likeness (QED) is 0.939. The standard InChI is InChI=1S/C15H16FN3O2S/c1-10(2)18-22(20,21)12-5-6-13(14(16)8-12)15-7-4-11(9-17)19(15)3/h4-8,10,18H,1-3H3. The van der Waals surface area contributed by atoms with Gasteiger partial charge >= 0.3 is 0 Å². The van der Waals surface area contributed by atoms with Gasteiger partial charge in [0.05, 0.1) is 10.6 Å². The smallest absolute Gasteiger partial charge is 0.240 e. The molecule has 2 rings (SSSR count). The number of hydrogen-bond donors (Lipinski definition) is 1. The second-order valence-corrected chi connectivity index (χ2v) is 6.91. The highest BCUT2D eigenvalue weighted by atomic mass is 32.2. The number of nitrogens with zero attached hydrogens (tertiary/aromatic N) is 2. The summed E-state index contributed by atoms with van der Waals surface area (Å²) >= 11 is 0. The molecule has 1 heterocycles. The van der Waals surface area contributed by atoms with Gasteiger partial charge in [-0.25, -0.2) is 17.5 Å². The van der Waals surface area contributed by atoms with E-state index in [-0.39, 0.29) is 16.5 Å². The third kappa shape index (κ3) is 3.03. The van der Waals surface area contributed by atoms with Gasteiger partial charge < -0.3 is 4.57 Å². The molecule has 0 unspecified atom stereocenters. The Labute approximate surface area is 129 Å². The molecule has 0 saturated heterocycles. The monoisotopic (exact) mass is 321 g/mol. The van der Waals surface area contributed by atoms with Gasteiger partial charge in [0.1, 0.15) is 17.6 Å². The fourth-order valence-electron chi connectivity index (χ4n) is 2.14. The minimum absolute atomic E-state index is 0.128. The zero-order valence-electron chi connectivity index (χ0n) is 12.5. The number of rotatable bonds is 4. The van der Waals surface area contributed by atoms with Crippen molar-refractivity contribution in [1.82, 2.24) is 9.29 Å². The Morgan fingerprint density at radius 3 is 2.45 bits per heavy atom. The van der Waals surface area contributed by atoms with Crippen LogP contribution < -0.4 is 4.72 Å². The summed E-state index contributed by atoms with van der Waals surface area (Å²) in [6, 6.07) is 8.66. The van der Waals surface area contributed by atoms with Crippen molar-refractivity contribution in [3.63, 3.8) is 0 Å². The number of nitrogens with one attached hydrogen (secondary N) is 1. The molecule has 0 spiro atoms. The molecule has 1 aromatic heterocycles. The van der Waals surface area contributed by atoms with E-state index in [0.29, 0.717) is 11.4 Å². The average molecular weight is 321 g/mol. The van der Waals surface area contributed by atoms with Crippen LogP contribution in [0.3, 0.4) is 0 Å². The van der Waals surface area contributed by atoms with Gasteiger partial charge in [-0.15, -0.1) is 0 Å². The SMILES string of the molecule is CC(C)NS(=O)(=O)c1ccc(-c2ccc(C#N)n2C)c(F)c1. The highest BCUT2D eigenvalue weighted by Gasteiger charge is 2.19. The van der Waals surface area contributed by atoms with E-state index in [1.807, 2.05) is 6.07 Å². The fraction of sp³-hybridized carbons (Fsp3) is 0.267. The average Bonchev–Trinajstić information content (AvgIpc) is 2.78. The molecular weight excluding hydrogens is 305 g/mol. The number of aromatic nitrogens is 1. The first-order chi connectivity index (χ1) is 10.3. The minimum Gasteiger partial charge on any atom is -0.335 e. The van der Waals surface area contributed by atoms with Crippen LogP contribution in [0.15, 0.2) is 35.2 Å². The summed E-state index contributed by atoms with van der Waals surface area (Å²) in [5.41, 5.74) is 1.15. The molecule has 0 saturated carbocycles. The predicted molar refractivity (Wildman–Crippen MR) is 81.0 cm³/mol. The van der Waals surface area contributed by atoms with Crippen LogP contribution in [0, 0.1) is 17.1 Å². The molecule has 0 amide bonds. The molecule has 0 radical (unpaired) electrons. The number of sulfonamides is 1. The van der Waals surface area contributed by atoms with Crippen LogP contribution in [0.5, 0.6) is 0 Å². The summed E-state index contributed by atoms with van der Waals surface area (Å²) in [5.74, 6) is -0.655. The van der Waals surface area contributed by atoms with Crippen molar-refractivity contribution in [3.8, 4) is 17.3 Å². The summed E-state index contributed by atoms with van der Waals surface area (Å²) < 4.78 is 42.3. The van der Waals surface area contributed by atoms with Crippen molar-refractivity contribution >= 4 is 10.0 Å². The molecule has 1 aromatic carbocycles. The van der Waals surface area contributed by atoms with E-state index in [9.17, 15) is 12.8 Å². The van der Waals surface area contributed by atoms with Crippen LogP contribution in [-0.2, 0) is 17.1 Å². The lowest BCUT2D eigenvalue weighted by molar-refractivity contribution is 0.567. The van der Waals surface area contributed by atoms with Crippen molar-refractivity contribution in [3.05, 3.63) is 41.8 Å². The van der Waals surface area contributed by atoms with E-state index < -0.39 is 15.8 Å². The second-order valence-electron chi connectivity index (χ2n) is 5.19. The first-order valence-corrected chi connectivity index (χ1v) is 8.12. The van der Waals surface area contributed by atoms with Crippen molar-refractivity contribution < 1.29 is 12.8 Å². The molecule has 7 heteroatoms. The normalized spacial score (nSPS) is 11.6. The van der Waals surface area contributed by atoms with Crippen molar-refractivity contribution in [2.75, 3.05) is 0 Å². The summed E-state index contributed by atoms with van der Waals surface area (Å²) in [6.45, 7) is 3.38. The topological polar surface area (TPSA) is 74.9 Å². The maximum absolute atomic E-state index is 14.3. The van der Waals surface area contributed by atoms with Crippen LogP contribution in [0.25, 0.3) is 11.3 Å². The predicted octanol–water partition coefficient (Wildman–Crippen LogP) is 2.39. The lowest BCUT2D eigenvalue weighted by Gasteiger charge is -2.11. The first kappa shape index (κ1) is 16.2.